The molecule has 0 saturated carbocycles. The number of esters is 1. The maximum atomic E-state index is 11.8. The molecule has 0 aliphatic carbocycles. The highest BCUT2D eigenvalue weighted by atomic mass is 32.1. The summed E-state index contributed by atoms with van der Waals surface area (Å²) in [5, 5.41) is 13.5. The number of benzene rings is 1. The van der Waals surface area contributed by atoms with Crippen molar-refractivity contribution < 1.29 is 23.8 Å². The van der Waals surface area contributed by atoms with E-state index in [1.165, 1.54) is 37.7 Å². The molecule has 2 aromatic rings. The first-order chi connectivity index (χ1) is 12.6. The minimum Gasteiger partial charge on any atom is -0.493 e. The third kappa shape index (κ3) is 5.09. The van der Waals surface area contributed by atoms with Crippen LogP contribution in [0.2, 0.25) is 0 Å². The molecule has 0 atom stereocenters. The van der Waals surface area contributed by atoms with Crippen LogP contribution < -0.4 is 14.8 Å². The number of nitrogens with zero attached hydrogens (tertiary/aromatic N) is 1. The Hall–Kier alpha value is -3.31. The van der Waals surface area contributed by atoms with E-state index in [4.69, 9.17) is 19.5 Å². The molecule has 2 rings (SSSR count). The van der Waals surface area contributed by atoms with E-state index in [0.717, 1.165) is 0 Å². The van der Waals surface area contributed by atoms with Gasteiger partial charge >= 0.3 is 5.97 Å². The summed E-state index contributed by atoms with van der Waals surface area (Å²) in [6.07, 6.45) is 2.75. The lowest BCUT2D eigenvalue weighted by atomic mass is 10.2. The molecule has 0 bridgehead atoms. The second-order valence-electron chi connectivity index (χ2n) is 4.88. The van der Waals surface area contributed by atoms with Crippen LogP contribution in [0, 0.1) is 11.3 Å². The van der Waals surface area contributed by atoms with E-state index in [-0.39, 0.29) is 0 Å². The first kappa shape index (κ1) is 19.0. The van der Waals surface area contributed by atoms with Gasteiger partial charge in [0.15, 0.2) is 18.1 Å². The largest absolute Gasteiger partial charge is 0.493 e. The lowest BCUT2D eigenvalue weighted by Crippen LogP contribution is -2.19. The van der Waals surface area contributed by atoms with Crippen molar-refractivity contribution >= 4 is 34.3 Å². The standard InChI is InChI=1S/C18H16N2O5S/c1-23-14-5-3-12(9-15(14)24-2)4-6-17(22)25-11-16(21)20-18-13(10-19)7-8-26-18/h3-9H,11H2,1-2H3,(H,20,21)/b6-4+. The normalized spacial score (nSPS) is 10.2. The predicted molar refractivity (Wildman–Crippen MR) is 97.2 cm³/mol. The van der Waals surface area contributed by atoms with E-state index in [0.29, 0.717) is 27.6 Å². The van der Waals surface area contributed by atoms with Crippen molar-refractivity contribution in [1.29, 1.82) is 5.26 Å². The highest BCUT2D eigenvalue weighted by Gasteiger charge is 2.10. The van der Waals surface area contributed by atoms with Gasteiger partial charge in [-0.15, -0.1) is 11.3 Å². The van der Waals surface area contributed by atoms with Crippen LogP contribution in [0.1, 0.15) is 11.1 Å². The van der Waals surface area contributed by atoms with Gasteiger partial charge in [0.1, 0.15) is 11.1 Å². The van der Waals surface area contributed by atoms with Crippen molar-refractivity contribution in [3.8, 4) is 17.6 Å². The van der Waals surface area contributed by atoms with Crippen molar-refractivity contribution in [3.05, 3.63) is 46.8 Å². The third-order valence-electron chi connectivity index (χ3n) is 3.20. The molecule has 26 heavy (non-hydrogen) atoms. The molecule has 0 fully saturated rings. The molecule has 0 spiro atoms. The number of methoxy groups -OCH3 is 2. The molecule has 1 amide bonds. The number of hydrogen-bond acceptors (Lipinski definition) is 7. The molecule has 1 N–H and O–H groups in total. The Balaban J connectivity index is 1.87. The fourth-order valence-corrected chi connectivity index (χ4v) is 2.72. The van der Waals surface area contributed by atoms with Crippen LogP contribution in [-0.4, -0.2) is 32.7 Å². The van der Waals surface area contributed by atoms with E-state index in [9.17, 15) is 9.59 Å². The van der Waals surface area contributed by atoms with Gasteiger partial charge in [0.25, 0.3) is 5.91 Å². The fourth-order valence-electron chi connectivity index (χ4n) is 1.96. The van der Waals surface area contributed by atoms with Gasteiger partial charge in [0.05, 0.1) is 19.8 Å². The Morgan fingerprint density at radius 1 is 1.23 bits per heavy atom. The molecule has 1 heterocycles. The van der Waals surface area contributed by atoms with Crippen molar-refractivity contribution in [3.63, 3.8) is 0 Å². The summed E-state index contributed by atoms with van der Waals surface area (Å²) in [4.78, 5) is 23.5. The monoisotopic (exact) mass is 372 g/mol. The van der Waals surface area contributed by atoms with Crippen LogP contribution in [-0.2, 0) is 14.3 Å². The Bertz CT molecular complexity index is 867. The maximum Gasteiger partial charge on any atom is 0.331 e. The maximum absolute atomic E-state index is 11.8. The average molecular weight is 372 g/mol. The Morgan fingerprint density at radius 3 is 2.69 bits per heavy atom. The third-order valence-corrected chi connectivity index (χ3v) is 4.03. The molecule has 0 aliphatic heterocycles. The lowest BCUT2D eigenvalue weighted by Gasteiger charge is -2.07. The zero-order chi connectivity index (χ0) is 18.9. The average Bonchev–Trinajstić information content (AvgIpc) is 3.11. The van der Waals surface area contributed by atoms with E-state index in [1.54, 1.807) is 29.6 Å². The molecule has 1 aromatic carbocycles. The summed E-state index contributed by atoms with van der Waals surface area (Å²) >= 11 is 1.22. The number of amides is 1. The summed E-state index contributed by atoms with van der Waals surface area (Å²) in [6, 6.07) is 8.72. The number of hydrogen-bond donors (Lipinski definition) is 1. The number of carbonyl (C=O) groups excluding carboxylic acids is 2. The van der Waals surface area contributed by atoms with Crippen LogP contribution in [0.15, 0.2) is 35.7 Å². The van der Waals surface area contributed by atoms with Crippen molar-refractivity contribution in [2.24, 2.45) is 0 Å². The number of anilines is 1. The van der Waals surface area contributed by atoms with Crippen LogP contribution in [0.3, 0.4) is 0 Å². The molecule has 134 valence electrons. The molecule has 0 saturated heterocycles. The van der Waals surface area contributed by atoms with Crippen molar-refractivity contribution in [2.45, 2.75) is 0 Å². The Morgan fingerprint density at radius 2 is 2.00 bits per heavy atom. The van der Waals surface area contributed by atoms with Crippen molar-refractivity contribution in [1.82, 2.24) is 0 Å². The molecule has 7 nitrogen and oxygen atoms in total. The molecule has 1 aromatic heterocycles. The second-order valence-corrected chi connectivity index (χ2v) is 5.79. The van der Waals surface area contributed by atoms with Gasteiger partial charge in [-0.25, -0.2) is 4.79 Å². The topological polar surface area (TPSA) is 97.6 Å². The highest BCUT2D eigenvalue weighted by Crippen LogP contribution is 2.28. The highest BCUT2D eigenvalue weighted by molar-refractivity contribution is 7.14. The number of carbonyl (C=O) groups is 2. The van der Waals surface area contributed by atoms with Crippen LogP contribution in [0.25, 0.3) is 6.08 Å². The zero-order valence-corrected chi connectivity index (χ0v) is 15.0. The minimum atomic E-state index is -0.665. The van der Waals surface area contributed by atoms with Crippen molar-refractivity contribution in [2.75, 3.05) is 26.1 Å². The van der Waals surface area contributed by atoms with E-state index >= 15 is 0 Å². The van der Waals surface area contributed by atoms with Crippen LogP contribution >= 0.6 is 11.3 Å². The molecule has 0 radical (unpaired) electrons. The smallest absolute Gasteiger partial charge is 0.331 e. The SMILES string of the molecule is COc1ccc(/C=C/C(=O)OCC(=O)Nc2sccc2C#N)cc1OC. The first-order valence-electron chi connectivity index (χ1n) is 7.41. The lowest BCUT2D eigenvalue weighted by molar-refractivity contribution is -0.142. The van der Waals surface area contributed by atoms with E-state index in [1.807, 2.05) is 6.07 Å². The summed E-state index contributed by atoms with van der Waals surface area (Å²) in [5.74, 6) is -0.0701. The number of ether oxygens (including phenoxy) is 3. The number of nitriles is 1. The molecular weight excluding hydrogens is 356 g/mol. The number of thiophene rings is 1. The summed E-state index contributed by atoms with van der Waals surface area (Å²) in [7, 11) is 3.05. The van der Waals surface area contributed by atoms with Gasteiger partial charge in [0.2, 0.25) is 0 Å². The molecular formula is C18H16N2O5S. The Kier molecular flexibility index (Phi) is 6.76. The summed E-state index contributed by atoms with van der Waals surface area (Å²) < 4.78 is 15.2. The molecule has 8 heteroatoms. The molecule has 0 unspecified atom stereocenters. The zero-order valence-electron chi connectivity index (χ0n) is 14.1. The van der Waals surface area contributed by atoms with Gasteiger partial charge in [0, 0.05) is 6.08 Å². The second kappa shape index (κ2) is 9.25. The predicted octanol–water partition coefficient (Wildman–Crippen LogP) is 2.83. The number of rotatable bonds is 7. The summed E-state index contributed by atoms with van der Waals surface area (Å²) in [5.41, 5.74) is 1.07. The Labute approximate surface area is 154 Å². The molecule has 0 aliphatic rings. The van der Waals surface area contributed by atoms with E-state index < -0.39 is 18.5 Å². The van der Waals surface area contributed by atoms with Crippen LogP contribution in [0.4, 0.5) is 5.00 Å². The first-order valence-corrected chi connectivity index (χ1v) is 8.29. The fraction of sp³-hybridized carbons (Fsp3) is 0.167. The summed E-state index contributed by atoms with van der Waals surface area (Å²) in [6.45, 7) is -0.447. The van der Waals surface area contributed by atoms with Gasteiger partial charge in [-0.05, 0) is 35.2 Å². The van der Waals surface area contributed by atoms with Gasteiger partial charge in [-0.1, -0.05) is 6.07 Å². The quantitative estimate of drug-likeness (QED) is 0.593. The van der Waals surface area contributed by atoms with Crippen LogP contribution in [0.5, 0.6) is 11.5 Å². The van der Waals surface area contributed by atoms with Gasteiger partial charge in [-0.2, -0.15) is 5.26 Å². The number of nitrogens with one attached hydrogen (secondary N) is 1. The van der Waals surface area contributed by atoms with E-state index in [2.05, 4.69) is 5.32 Å². The van der Waals surface area contributed by atoms with Gasteiger partial charge in [-0.3, -0.25) is 4.79 Å². The minimum absolute atomic E-state index is 0.364. The van der Waals surface area contributed by atoms with Gasteiger partial charge < -0.3 is 19.5 Å².